The van der Waals surface area contributed by atoms with Gasteiger partial charge in [0.1, 0.15) is 5.69 Å². The van der Waals surface area contributed by atoms with Crippen molar-refractivity contribution < 1.29 is 8.78 Å². The maximum absolute atomic E-state index is 12.9. The van der Waals surface area contributed by atoms with Gasteiger partial charge in [0.15, 0.2) is 0 Å². The number of rotatable bonds is 2. The molecule has 4 heteroatoms. The number of alkyl halides is 2. The van der Waals surface area contributed by atoms with E-state index in [0.717, 1.165) is 10.9 Å². The van der Waals surface area contributed by atoms with Crippen LogP contribution in [0.3, 0.4) is 0 Å². The van der Waals surface area contributed by atoms with Crippen LogP contribution < -0.4 is 5.32 Å². The van der Waals surface area contributed by atoms with Gasteiger partial charge in [-0.2, -0.15) is 0 Å². The number of aromatic nitrogens is 1. The predicted molar refractivity (Wildman–Crippen MR) is 74.9 cm³/mol. The second-order valence-corrected chi connectivity index (χ2v) is 5.60. The number of para-hydroxylation sites is 1. The summed E-state index contributed by atoms with van der Waals surface area (Å²) in [6.45, 7) is 6.16. The van der Waals surface area contributed by atoms with Crippen molar-refractivity contribution >= 4 is 16.6 Å². The predicted octanol–water partition coefficient (Wildman–Crippen LogP) is 4.51. The number of hydrogen-bond donors (Lipinski definition) is 1. The van der Waals surface area contributed by atoms with Gasteiger partial charge >= 0.3 is 0 Å². The second-order valence-electron chi connectivity index (χ2n) is 5.60. The van der Waals surface area contributed by atoms with E-state index in [9.17, 15) is 8.78 Å². The van der Waals surface area contributed by atoms with E-state index in [2.05, 4.69) is 31.1 Å². The molecule has 0 aliphatic heterocycles. The van der Waals surface area contributed by atoms with Gasteiger partial charge in [0.2, 0.25) is 0 Å². The van der Waals surface area contributed by atoms with Crippen molar-refractivity contribution in [1.29, 1.82) is 0 Å². The van der Waals surface area contributed by atoms with Crippen LogP contribution in [0, 0.1) is 0 Å². The molecule has 0 atom stereocenters. The van der Waals surface area contributed by atoms with Gasteiger partial charge in [-0.05, 0) is 17.0 Å². The van der Waals surface area contributed by atoms with Gasteiger partial charge in [-0.15, -0.1) is 0 Å². The molecule has 0 fully saturated rings. The molecule has 0 bridgehead atoms. The Labute approximate surface area is 111 Å². The number of fused-ring (bicyclic) bond motifs is 1. The molecule has 0 aliphatic rings. The summed E-state index contributed by atoms with van der Waals surface area (Å²) in [6, 6.07) is 7.20. The van der Waals surface area contributed by atoms with Crippen molar-refractivity contribution in [2.24, 2.45) is 0 Å². The summed E-state index contributed by atoms with van der Waals surface area (Å²) in [4.78, 5) is 4.16. The van der Waals surface area contributed by atoms with Crippen molar-refractivity contribution in [3.63, 3.8) is 0 Å². The van der Waals surface area contributed by atoms with Gasteiger partial charge in [0, 0.05) is 18.1 Å². The second kappa shape index (κ2) is 4.76. The average molecular weight is 264 g/mol. The maximum Gasteiger partial charge on any atom is 0.280 e. The molecule has 2 aromatic rings. The fourth-order valence-electron chi connectivity index (χ4n) is 2.19. The monoisotopic (exact) mass is 264 g/mol. The normalized spacial score (nSPS) is 12.2. The van der Waals surface area contributed by atoms with Crippen LogP contribution in [0.2, 0.25) is 0 Å². The Morgan fingerprint density at radius 1 is 1.21 bits per heavy atom. The molecular weight excluding hydrogens is 246 g/mol. The summed E-state index contributed by atoms with van der Waals surface area (Å²) in [6.07, 6.45) is -2.57. The van der Waals surface area contributed by atoms with Crippen LogP contribution in [0.15, 0.2) is 24.3 Å². The molecule has 1 aromatic heterocycles. The Morgan fingerprint density at radius 3 is 2.42 bits per heavy atom. The first-order valence-corrected chi connectivity index (χ1v) is 6.24. The Kier molecular flexibility index (Phi) is 3.43. The number of nitrogens with zero attached hydrogens (tertiary/aromatic N) is 1. The third kappa shape index (κ3) is 2.53. The third-order valence-electron chi connectivity index (χ3n) is 3.16. The largest absolute Gasteiger partial charge is 0.388 e. The number of hydrogen-bond acceptors (Lipinski definition) is 2. The standard InChI is InChI=1S/C15H18F2N2/c1-15(2,3)10-7-5-6-9-11(18-4)8-12(14(16)17)19-13(9)10/h5-8,14H,1-4H3,(H,18,19). The zero-order valence-electron chi connectivity index (χ0n) is 11.6. The van der Waals surface area contributed by atoms with Gasteiger partial charge < -0.3 is 5.32 Å². The minimum absolute atomic E-state index is 0.141. The molecule has 1 aromatic carbocycles. The molecule has 0 saturated heterocycles. The van der Waals surface area contributed by atoms with Crippen LogP contribution >= 0.6 is 0 Å². The molecule has 1 N–H and O–H groups in total. The zero-order valence-corrected chi connectivity index (χ0v) is 11.6. The third-order valence-corrected chi connectivity index (χ3v) is 3.16. The summed E-state index contributed by atoms with van der Waals surface area (Å²) in [7, 11) is 1.73. The quantitative estimate of drug-likeness (QED) is 0.863. The topological polar surface area (TPSA) is 24.9 Å². The number of anilines is 1. The van der Waals surface area contributed by atoms with Gasteiger partial charge in [-0.25, -0.2) is 13.8 Å². The lowest BCUT2D eigenvalue weighted by atomic mass is 9.85. The molecular formula is C15H18F2N2. The number of benzene rings is 1. The van der Waals surface area contributed by atoms with E-state index < -0.39 is 6.43 Å². The van der Waals surface area contributed by atoms with Crippen molar-refractivity contribution in [2.75, 3.05) is 12.4 Å². The number of halogens is 2. The lowest BCUT2D eigenvalue weighted by Crippen LogP contribution is -2.13. The molecule has 2 nitrogen and oxygen atoms in total. The van der Waals surface area contributed by atoms with E-state index in [0.29, 0.717) is 11.2 Å². The zero-order chi connectivity index (χ0) is 14.2. The molecule has 0 amide bonds. The lowest BCUT2D eigenvalue weighted by molar-refractivity contribution is 0.146. The Morgan fingerprint density at radius 2 is 1.89 bits per heavy atom. The van der Waals surface area contributed by atoms with Crippen molar-refractivity contribution in [3.05, 3.63) is 35.5 Å². The van der Waals surface area contributed by atoms with Crippen molar-refractivity contribution in [1.82, 2.24) is 4.98 Å². The van der Waals surface area contributed by atoms with Crippen molar-refractivity contribution in [3.8, 4) is 0 Å². The fourth-order valence-corrected chi connectivity index (χ4v) is 2.19. The maximum atomic E-state index is 12.9. The lowest BCUT2D eigenvalue weighted by Gasteiger charge is -2.22. The molecule has 0 aliphatic carbocycles. The van der Waals surface area contributed by atoms with E-state index in [1.807, 2.05) is 18.2 Å². The van der Waals surface area contributed by atoms with Crippen LogP contribution in [0.5, 0.6) is 0 Å². The summed E-state index contributed by atoms with van der Waals surface area (Å²) < 4.78 is 25.9. The highest BCUT2D eigenvalue weighted by Gasteiger charge is 2.20. The average Bonchev–Trinajstić information content (AvgIpc) is 2.35. The van der Waals surface area contributed by atoms with Crippen molar-refractivity contribution in [2.45, 2.75) is 32.6 Å². The molecule has 19 heavy (non-hydrogen) atoms. The van der Waals surface area contributed by atoms with E-state index >= 15 is 0 Å². The van der Waals surface area contributed by atoms with Gasteiger partial charge in [-0.3, -0.25) is 0 Å². The van der Waals surface area contributed by atoms with Crippen LogP contribution in [-0.2, 0) is 5.41 Å². The van der Waals surface area contributed by atoms with Crippen LogP contribution in [0.1, 0.15) is 38.5 Å². The molecule has 0 spiro atoms. The summed E-state index contributed by atoms with van der Waals surface area (Å²) in [5, 5.41) is 3.84. The highest BCUT2D eigenvalue weighted by atomic mass is 19.3. The minimum Gasteiger partial charge on any atom is -0.388 e. The summed E-state index contributed by atoms with van der Waals surface area (Å²) in [5.41, 5.74) is 1.99. The molecule has 0 unspecified atom stereocenters. The van der Waals surface area contributed by atoms with Gasteiger partial charge in [0.25, 0.3) is 6.43 Å². The van der Waals surface area contributed by atoms with E-state index in [1.54, 1.807) is 7.05 Å². The summed E-state index contributed by atoms with van der Waals surface area (Å²) >= 11 is 0. The SMILES string of the molecule is CNc1cc(C(F)F)nc2c(C(C)(C)C)cccc12. The smallest absolute Gasteiger partial charge is 0.280 e. The molecule has 2 rings (SSSR count). The first-order chi connectivity index (χ1) is 8.84. The Hall–Kier alpha value is -1.71. The van der Waals surface area contributed by atoms with E-state index in [-0.39, 0.29) is 11.1 Å². The first-order valence-electron chi connectivity index (χ1n) is 6.24. The highest BCUT2D eigenvalue weighted by molar-refractivity contribution is 5.94. The number of nitrogens with one attached hydrogen (secondary N) is 1. The van der Waals surface area contributed by atoms with E-state index in [4.69, 9.17) is 0 Å². The molecule has 102 valence electrons. The van der Waals surface area contributed by atoms with Crippen LogP contribution in [0.25, 0.3) is 10.9 Å². The molecule has 1 heterocycles. The van der Waals surface area contributed by atoms with Crippen LogP contribution in [-0.4, -0.2) is 12.0 Å². The van der Waals surface area contributed by atoms with Crippen LogP contribution in [0.4, 0.5) is 14.5 Å². The Balaban J connectivity index is 2.84. The fraction of sp³-hybridized carbons (Fsp3) is 0.400. The highest BCUT2D eigenvalue weighted by Crippen LogP contribution is 2.34. The van der Waals surface area contributed by atoms with Gasteiger partial charge in [0.05, 0.1) is 5.52 Å². The molecule has 0 radical (unpaired) electrons. The Bertz CT molecular complexity index is 601. The van der Waals surface area contributed by atoms with Gasteiger partial charge in [-0.1, -0.05) is 39.0 Å². The number of pyridine rings is 1. The van der Waals surface area contributed by atoms with E-state index in [1.165, 1.54) is 6.07 Å². The molecule has 0 saturated carbocycles. The minimum atomic E-state index is -2.57. The summed E-state index contributed by atoms with van der Waals surface area (Å²) in [5.74, 6) is 0. The first kappa shape index (κ1) is 13.7.